The standard InChI is InChI=1S/C12H13BrN2O/c1-2-3-4-5-8-15-12(16)11-10(13)7-6-9-14-11/h1,6-7,9H,3-5,8H2,(H,15,16). The average molecular weight is 281 g/mol. The lowest BCUT2D eigenvalue weighted by Gasteiger charge is -2.04. The van der Waals surface area contributed by atoms with Gasteiger partial charge in [0.05, 0.1) is 0 Å². The summed E-state index contributed by atoms with van der Waals surface area (Å²) in [4.78, 5) is 15.7. The minimum Gasteiger partial charge on any atom is -0.351 e. The maximum Gasteiger partial charge on any atom is 0.271 e. The van der Waals surface area contributed by atoms with Crippen LogP contribution in [-0.2, 0) is 0 Å². The first kappa shape index (κ1) is 12.7. The summed E-state index contributed by atoms with van der Waals surface area (Å²) in [6, 6.07) is 3.56. The zero-order valence-electron chi connectivity index (χ0n) is 8.87. The lowest BCUT2D eigenvalue weighted by atomic mass is 10.2. The van der Waals surface area contributed by atoms with Gasteiger partial charge in [0.25, 0.3) is 5.91 Å². The lowest BCUT2D eigenvalue weighted by Crippen LogP contribution is -2.25. The summed E-state index contributed by atoms with van der Waals surface area (Å²) in [6.07, 6.45) is 9.30. The van der Waals surface area contributed by atoms with E-state index in [2.05, 4.69) is 32.2 Å². The van der Waals surface area contributed by atoms with Crippen LogP contribution in [0.4, 0.5) is 0 Å². The number of nitrogens with zero attached hydrogens (tertiary/aromatic N) is 1. The third kappa shape index (κ3) is 4.03. The lowest BCUT2D eigenvalue weighted by molar-refractivity contribution is 0.0947. The number of rotatable bonds is 5. The van der Waals surface area contributed by atoms with Crippen LogP contribution in [0.3, 0.4) is 0 Å². The van der Waals surface area contributed by atoms with E-state index in [9.17, 15) is 4.79 Å². The molecule has 0 aliphatic carbocycles. The van der Waals surface area contributed by atoms with E-state index in [1.165, 1.54) is 0 Å². The molecule has 0 radical (unpaired) electrons. The van der Waals surface area contributed by atoms with Gasteiger partial charge in [0.2, 0.25) is 0 Å². The van der Waals surface area contributed by atoms with Crippen LogP contribution in [0.1, 0.15) is 29.8 Å². The number of hydrogen-bond acceptors (Lipinski definition) is 2. The van der Waals surface area contributed by atoms with Crippen molar-refractivity contribution in [2.45, 2.75) is 19.3 Å². The first-order valence-electron chi connectivity index (χ1n) is 5.08. The number of aromatic nitrogens is 1. The number of halogens is 1. The molecule has 0 saturated carbocycles. The van der Waals surface area contributed by atoms with E-state index < -0.39 is 0 Å². The largest absolute Gasteiger partial charge is 0.351 e. The van der Waals surface area contributed by atoms with E-state index in [4.69, 9.17) is 6.42 Å². The minimum atomic E-state index is -0.159. The van der Waals surface area contributed by atoms with Gasteiger partial charge in [-0.15, -0.1) is 12.3 Å². The fourth-order valence-corrected chi connectivity index (χ4v) is 1.63. The normalized spacial score (nSPS) is 9.50. The summed E-state index contributed by atoms with van der Waals surface area (Å²) in [6.45, 7) is 0.628. The Kier molecular flexibility index (Phi) is 5.58. The molecule has 1 N–H and O–H groups in total. The van der Waals surface area contributed by atoms with Crippen molar-refractivity contribution in [3.63, 3.8) is 0 Å². The van der Waals surface area contributed by atoms with Gasteiger partial charge in [0.1, 0.15) is 5.69 Å². The maximum absolute atomic E-state index is 11.7. The number of amides is 1. The molecule has 1 rings (SSSR count). The summed E-state index contributed by atoms with van der Waals surface area (Å²) in [5.41, 5.74) is 0.416. The average Bonchev–Trinajstić information content (AvgIpc) is 2.29. The van der Waals surface area contributed by atoms with E-state index in [-0.39, 0.29) is 5.91 Å². The highest BCUT2D eigenvalue weighted by atomic mass is 79.9. The van der Waals surface area contributed by atoms with E-state index >= 15 is 0 Å². The van der Waals surface area contributed by atoms with Crippen molar-refractivity contribution < 1.29 is 4.79 Å². The highest BCUT2D eigenvalue weighted by molar-refractivity contribution is 9.10. The zero-order chi connectivity index (χ0) is 11.8. The Morgan fingerprint density at radius 2 is 2.38 bits per heavy atom. The molecule has 4 heteroatoms. The van der Waals surface area contributed by atoms with E-state index in [0.717, 1.165) is 19.3 Å². The molecule has 0 unspecified atom stereocenters. The fourth-order valence-electron chi connectivity index (χ4n) is 1.19. The Bertz CT molecular complexity index is 398. The third-order valence-electron chi connectivity index (χ3n) is 2.01. The Hall–Kier alpha value is -1.34. The number of pyridine rings is 1. The molecule has 0 saturated heterocycles. The molecule has 0 atom stereocenters. The predicted molar refractivity (Wildman–Crippen MR) is 67.0 cm³/mol. The molecular weight excluding hydrogens is 268 g/mol. The molecule has 0 aliphatic rings. The number of hydrogen-bond donors (Lipinski definition) is 1. The number of nitrogens with one attached hydrogen (secondary N) is 1. The molecule has 84 valence electrons. The summed E-state index contributed by atoms with van der Waals surface area (Å²) in [5.74, 6) is 2.40. The Morgan fingerprint density at radius 3 is 3.06 bits per heavy atom. The highest BCUT2D eigenvalue weighted by Crippen LogP contribution is 2.12. The van der Waals surface area contributed by atoms with Gasteiger partial charge in [-0.05, 0) is 40.9 Å². The second-order valence-corrected chi connectivity index (χ2v) is 4.11. The summed E-state index contributed by atoms with van der Waals surface area (Å²) in [7, 11) is 0. The Labute approximate surface area is 104 Å². The zero-order valence-corrected chi connectivity index (χ0v) is 10.5. The molecule has 0 fully saturated rings. The summed E-state index contributed by atoms with van der Waals surface area (Å²) in [5, 5.41) is 2.80. The van der Waals surface area contributed by atoms with Crippen LogP contribution in [0.15, 0.2) is 22.8 Å². The maximum atomic E-state index is 11.7. The molecule has 1 aromatic heterocycles. The van der Waals surface area contributed by atoms with Gasteiger partial charge in [0, 0.05) is 23.6 Å². The monoisotopic (exact) mass is 280 g/mol. The van der Waals surface area contributed by atoms with Crippen LogP contribution in [-0.4, -0.2) is 17.4 Å². The van der Waals surface area contributed by atoms with Crippen molar-refractivity contribution in [2.24, 2.45) is 0 Å². The molecule has 0 spiro atoms. The molecule has 0 bridgehead atoms. The van der Waals surface area contributed by atoms with Crippen LogP contribution in [0.25, 0.3) is 0 Å². The van der Waals surface area contributed by atoms with Crippen molar-refractivity contribution in [1.82, 2.24) is 10.3 Å². The molecular formula is C12H13BrN2O. The second kappa shape index (κ2) is 7.02. The van der Waals surface area contributed by atoms with Crippen LogP contribution < -0.4 is 5.32 Å². The third-order valence-corrected chi connectivity index (χ3v) is 2.65. The quantitative estimate of drug-likeness (QED) is 0.665. The van der Waals surface area contributed by atoms with Crippen LogP contribution in [0.2, 0.25) is 0 Å². The molecule has 1 amide bonds. The predicted octanol–water partition coefficient (Wildman–Crippen LogP) is 2.38. The van der Waals surface area contributed by atoms with Gasteiger partial charge < -0.3 is 5.32 Å². The molecule has 3 nitrogen and oxygen atoms in total. The number of terminal acetylenes is 1. The first-order chi connectivity index (χ1) is 7.75. The Morgan fingerprint density at radius 1 is 1.56 bits per heavy atom. The van der Waals surface area contributed by atoms with Crippen molar-refractivity contribution in [2.75, 3.05) is 6.54 Å². The summed E-state index contributed by atoms with van der Waals surface area (Å²) < 4.78 is 0.705. The highest BCUT2D eigenvalue weighted by Gasteiger charge is 2.09. The van der Waals surface area contributed by atoms with E-state index in [1.54, 1.807) is 18.3 Å². The van der Waals surface area contributed by atoms with Crippen molar-refractivity contribution in [3.05, 3.63) is 28.5 Å². The molecule has 0 aromatic carbocycles. The topological polar surface area (TPSA) is 42.0 Å². The SMILES string of the molecule is C#CCCCCNC(=O)c1ncccc1Br. The summed E-state index contributed by atoms with van der Waals surface area (Å²) >= 11 is 3.28. The van der Waals surface area contributed by atoms with Gasteiger partial charge in [0.15, 0.2) is 0 Å². The Balaban J connectivity index is 2.36. The van der Waals surface area contributed by atoms with Crippen molar-refractivity contribution in [3.8, 4) is 12.3 Å². The van der Waals surface area contributed by atoms with E-state index in [1.807, 2.05) is 0 Å². The fraction of sp³-hybridized carbons (Fsp3) is 0.333. The van der Waals surface area contributed by atoms with Crippen molar-refractivity contribution >= 4 is 21.8 Å². The van der Waals surface area contributed by atoms with Crippen LogP contribution in [0.5, 0.6) is 0 Å². The van der Waals surface area contributed by atoms with Gasteiger partial charge in [-0.2, -0.15) is 0 Å². The first-order valence-corrected chi connectivity index (χ1v) is 5.87. The molecule has 1 aromatic rings. The van der Waals surface area contributed by atoms with Gasteiger partial charge in [-0.25, -0.2) is 4.98 Å². The van der Waals surface area contributed by atoms with Crippen LogP contribution >= 0.6 is 15.9 Å². The van der Waals surface area contributed by atoms with Gasteiger partial charge in [-0.3, -0.25) is 4.79 Å². The number of unbranched alkanes of at least 4 members (excludes halogenated alkanes) is 2. The number of carbonyl (C=O) groups is 1. The van der Waals surface area contributed by atoms with Gasteiger partial charge >= 0.3 is 0 Å². The van der Waals surface area contributed by atoms with Crippen molar-refractivity contribution in [1.29, 1.82) is 0 Å². The van der Waals surface area contributed by atoms with Crippen LogP contribution in [0, 0.1) is 12.3 Å². The molecule has 16 heavy (non-hydrogen) atoms. The molecule has 0 aliphatic heterocycles. The smallest absolute Gasteiger partial charge is 0.271 e. The van der Waals surface area contributed by atoms with E-state index in [0.29, 0.717) is 16.7 Å². The number of carbonyl (C=O) groups excluding carboxylic acids is 1. The molecule has 1 heterocycles. The minimum absolute atomic E-state index is 0.159. The van der Waals surface area contributed by atoms with Gasteiger partial charge in [-0.1, -0.05) is 0 Å². The second-order valence-electron chi connectivity index (χ2n) is 3.25.